The van der Waals surface area contributed by atoms with E-state index in [-0.39, 0.29) is 17.7 Å². The van der Waals surface area contributed by atoms with Gasteiger partial charge in [-0.25, -0.2) is 0 Å². The average molecular weight is 285 g/mol. The summed E-state index contributed by atoms with van der Waals surface area (Å²) in [5.74, 6) is 2.02. The molecule has 0 bridgehead atoms. The van der Waals surface area contributed by atoms with Crippen molar-refractivity contribution in [3.63, 3.8) is 0 Å². The van der Waals surface area contributed by atoms with Crippen molar-refractivity contribution < 1.29 is 9.59 Å². The number of thioether (sulfide) groups is 1. The number of aryl methyl sites for hydroxylation is 3. The summed E-state index contributed by atoms with van der Waals surface area (Å²) in [5, 5.41) is -0.304. The summed E-state index contributed by atoms with van der Waals surface area (Å²) in [7, 11) is 0. The Morgan fingerprint density at radius 3 is 2.40 bits per heavy atom. The molecule has 2 rings (SSSR count). The molecule has 1 aromatic carbocycles. The SMILES string of the molecule is C#CCN1C(=O)S/C(=C/c2c(C)cc(C)cc2C)C1=O. The second-order valence-electron chi connectivity index (χ2n) is 4.78. The molecule has 4 heteroatoms. The van der Waals surface area contributed by atoms with Gasteiger partial charge in [0.2, 0.25) is 0 Å². The Labute approximate surface area is 123 Å². The van der Waals surface area contributed by atoms with Gasteiger partial charge in [0.05, 0.1) is 11.4 Å². The summed E-state index contributed by atoms with van der Waals surface area (Å²) in [6, 6.07) is 4.12. The Hall–Kier alpha value is -1.99. The van der Waals surface area contributed by atoms with Crippen LogP contribution in [0.25, 0.3) is 6.08 Å². The zero-order valence-electron chi connectivity index (χ0n) is 11.7. The predicted octanol–water partition coefficient (Wildman–Crippen LogP) is 3.28. The lowest BCUT2D eigenvalue weighted by atomic mass is 9.99. The maximum absolute atomic E-state index is 12.1. The van der Waals surface area contributed by atoms with Gasteiger partial charge in [0, 0.05) is 0 Å². The number of carbonyl (C=O) groups is 2. The van der Waals surface area contributed by atoms with Gasteiger partial charge in [-0.15, -0.1) is 6.42 Å². The number of imide groups is 1. The van der Waals surface area contributed by atoms with Gasteiger partial charge >= 0.3 is 0 Å². The van der Waals surface area contributed by atoms with E-state index in [0.717, 1.165) is 33.4 Å². The van der Waals surface area contributed by atoms with Gasteiger partial charge < -0.3 is 0 Å². The van der Waals surface area contributed by atoms with Crippen LogP contribution in [-0.4, -0.2) is 22.6 Å². The maximum Gasteiger partial charge on any atom is 0.294 e. The second kappa shape index (κ2) is 5.56. The van der Waals surface area contributed by atoms with E-state index in [4.69, 9.17) is 6.42 Å². The Bertz CT molecular complexity index is 645. The van der Waals surface area contributed by atoms with Gasteiger partial charge in [-0.05, 0) is 55.3 Å². The van der Waals surface area contributed by atoms with E-state index < -0.39 is 0 Å². The lowest BCUT2D eigenvalue weighted by molar-refractivity contribution is -0.122. The highest BCUT2D eigenvalue weighted by Gasteiger charge is 2.34. The van der Waals surface area contributed by atoms with Crippen LogP contribution in [0.5, 0.6) is 0 Å². The van der Waals surface area contributed by atoms with Crippen molar-refractivity contribution in [2.75, 3.05) is 6.54 Å². The smallest absolute Gasteiger partial charge is 0.268 e. The van der Waals surface area contributed by atoms with E-state index in [1.165, 1.54) is 5.56 Å². The first-order chi connectivity index (χ1) is 9.43. The van der Waals surface area contributed by atoms with Crippen molar-refractivity contribution in [3.8, 4) is 12.3 Å². The zero-order chi connectivity index (χ0) is 14.9. The monoisotopic (exact) mass is 285 g/mol. The van der Waals surface area contributed by atoms with Crippen LogP contribution in [0, 0.1) is 33.1 Å². The van der Waals surface area contributed by atoms with Crippen molar-refractivity contribution in [2.24, 2.45) is 0 Å². The molecule has 1 aliphatic heterocycles. The van der Waals surface area contributed by atoms with Gasteiger partial charge in [-0.1, -0.05) is 23.6 Å². The molecule has 1 aliphatic rings. The number of benzene rings is 1. The number of terminal acetylenes is 1. The highest BCUT2D eigenvalue weighted by atomic mass is 32.2. The van der Waals surface area contributed by atoms with E-state index in [9.17, 15) is 9.59 Å². The van der Waals surface area contributed by atoms with Gasteiger partial charge in [0.25, 0.3) is 11.1 Å². The first-order valence-electron chi connectivity index (χ1n) is 6.20. The van der Waals surface area contributed by atoms with Crippen molar-refractivity contribution >= 4 is 29.0 Å². The van der Waals surface area contributed by atoms with Gasteiger partial charge in [0.1, 0.15) is 0 Å². The van der Waals surface area contributed by atoms with Crippen molar-refractivity contribution in [1.82, 2.24) is 4.90 Å². The standard InChI is InChI=1S/C16H15NO2S/c1-5-6-17-15(18)14(20-16(17)19)9-13-11(3)7-10(2)8-12(13)4/h1,7-9H,6H2,2-4H3/b14-9+. The van der Waals surface area contributed by atoms with E-state index >= 15 is 0 Å². The first-order valence-corrected chi connectivity index (χ1v) is 7.02. The molecule has 0 aliphatic carbocycles. The summed E-state index contributed by atoms with van der Waals surface area (Å²) < 4.78 is 0. The van der Waals surface area contributed by atoms with Crippen LogP contribution in [0.3, 0.4) is 0 Å². The zero-order valence-corrected chi connectivity index (χ0v) is 12.5. The lowest BCUT2D eigenvalue weighted by Gasteiger charge is -2.08. The molecular formula is C16H15NO2S. The molecule has 0 spiro atoms. The highest BCUT2D eigenvalue weighted by molar-refractivity contribution is 8.18. The van der Waals surface area contributed by atoms with Crippen molar-refractivity contribution in [1.29, 1.82) is 0 Å². The van der Waals surface area contributed by atoms with Crippen LogP contribution in [-0.2, 0) is 4.79 Å². The number of nitrogens with zero attached hydrogens (tertiary/aromatic N) is 1. The molecule has 0 unspecified atom stereocenters. The Morgan fingerprint density at radius 1 is 1.25 bits per heavy atom. The van der Waals surface area contributed by atoms with E-state index in [0.29, 0.717) is 4.91 Å². The molecule has 0 radical (unpaired) electrons. The van der Waals surface area contributed by atoms with Gasteiger partial charge in [-0.3, -0.25) is 14.5 Å². The van der Waals surface area contributed by atoms with Crippen LogP contribution in [0.1, 0.15) is 22.3 Å². The number of rotatable bonds is 2. The third-order valence-corrected chi connectivity index (χ3v) is 4.04. The quantitative estimate of drug-likeness (QED) is 0.618. The average Bonchev–Trinajstić information content (AvgIpc) is 2.62. The topological polar surface area (TPSA) is 37.4 Å². The molecule has 3 nitrogen and oxygen atoms in total. The van der Waals surface area contributed by atoms with E-state index in [2.05, 4.69) is 18.1 Å². The Kier molecular flexibility index (Phi) is 4.01. The largest absolute Gasteiger partial charge is 0.294 e. The summed E-state index contributed by atoms with van der Waals surface area (Å²) in [6.07, 6.45) is 6.95. The Balaban J connectivity index is 2.41. The van der Waals surface area contributed by atoms with Crippen LogP contribution in [0.2, 0.25) is 0 Å². The fourth-order valence-electron chi connectivity index (χ4n) is 2.28. The molecule has 0 atom stereocenters. The lowest BCUT2D eigenvalue weighted by Crippen LogP contribution is -2.28. The first kappa shape index (κ1) is 14.4. The van der Waals surface area contributed by atoms with Crippen LogP contribution in [0.4, 0.5) is 4.79 Å². The number of hydrogen-bond acceptors (Lipinski definition) is 3. The predicted molar refractivity (Wildman–Crippen MR) is 82.2 cm³/mol. The molecule has 1 aromatic rings. The maximum atomic E-state index is 12.1. The molecule has 1 fully saturated rings. The summed E-state index contributed by atoms with van der Waals surface area (Å²) in [4.78, 5) is 25.4. The summed E-state index contributed by atoms with van der Waals surface area (Å²) in [5.41, 5.74) is 4.34. The van der Waals surface area contributed by atoms with Crippen molar-refractivity contribution in [2.45, 2.75) is 20.8 Å². The molecule has 20 heavy (non-hydrogen) atoms. The third-order valence-electron chi connectivity index (χ3n) is 3.14. The second-order valence-corrected chi connectivity index (χ2v) is 5.78. The van der Waals surface area contributed by atoms with Crippen LogP contribution >= 0.6 is 11.8 Å². The molecule has 2 amide bonds. The minimum Gasteiger partial charge on any atom is -0.268 e. The van der Waals surface area contributed by atoms with Crippen LogP contribution < -0.4 is 0 Å². The molecule has 0 saturated carbocycles. The molecular weight excluding hydrogens is 270 g/mol. The van der Waals surface area contributed by atoms with Crippen molar-refractivity contribution in [3.05, 3.63) is 39.3 Å². The number of amides is 2. The highest BCUT2D eigenvalue weighted by Crippen LogP contribution is 2.33. The number of hydrogen-bond donors (Lipinski definition) is 0. The molecule has 1 heterocycles. The Morgan fingerprint density at radius 2 is 1.85 bits per heavy atom. The molecule has 1 saturated heterocycles. The summed E-state index contributed by atoms with van der Waals surface area (Å²) in [6.45, 7) is 6.05. The molecule has 102 valence electrons. The minimum absolute atomic E-state index is 0.0217. The third kappa shape index (κ3) is 2.63. The van der Waals surface area contributed by atoms with E-state index in [1.807, 2.05) is 20.8 Å². The number of carbonyl (C=O) groups excluding carboxylic acids is 2. The van der Waals surface area contributed by atoms with E-state index in [1.54, 1.807) is 6.08 Å². The summed E-state index contributed by atoms with van der Waals surface area (Å²) >= 11 is 0.941. The van der Waals surface area contributed by atoms with Gasteiger partial charge in [-0.2, -0.15) is 0 Å². The minimum atomic E-state index is -0.308. The molecule has 0 N–H and O–H groups in total. The van der Waals surface area contributed by atoms with Gasteiger partial charge in [0.15, 0.2) is 0 Å². The van der Waals surface area contributed by atoms with Crippen LogP contribution in [0.15, 0.2) is 17.0 Å². The molecule has 0 aromatic heterocycles. The normalized spacial score (nSPS) is 16.9. The fraction of sp³-hybridized carbons (Fsp3) is 0.250. The fourth-order valence-corrected chi connectivity index (χ4v) is 3.10.